The number of carbonyl (C=O) groups excluding carboxylic acids is 1. The standard InChI is InChI=1S/C18H15N5O/c1-11(24)13-6-5-7-14(10-13)19-18-20-16-9-4-3-8-15(16)17-22-21-12(2)23(17)18/h3-10H,1-2H3,(H,19,20). The summed E-state index contributed by atoms with van der Waals surface area (Å²) in [5.74, 6) is 1.39. The first kappa shape index (κ1) is 14.3. The Labute approximate surface area is 138 Å². The van der Waals surface area contributed by atoms with Crippen LogP contribution < -0.4 is 5.32 Å². The molecule has 0 aliphatic carbocycles. The van der Waals surface area contributed by atoms with Crippen molar-refractivity contribution in [3.8, 4) is 0 Å². The molecule has 118 valence electrons. The van der Waals surface area contributed by atoms with E-state index in [9.17, 15) is 4.79 Å². The van der Waals surface area contributed by atoms with Crippen LogP contribution in [0.4, 0.5) is 11.6 Å². The number of nitrogens with zero attached hydrogens (tertiary/aromatic N) is 4. The monoisotopic (exact) mass is 317 g/mol. The van der Waals surface area contributed by atoms with Crippen molar-refractivity contribution >= 4 is 34.0 Å². The molecule has 24 heavy (non-hydrogen) atoms. The van der Waals surface area contributed by atoms with Crippen molar-refractivity contribution in [3.05, 3.63) is 59.9 Å². The van der Waals surface area contributed by atoms with Gasteiger partial charge in [0.15, 0.2) is 11.4 Å². The molecule has 0 spiro atoms. The van der Waals surface area contributed by atoms with Crippen LogP contribution in [0.2, 0.25) is 0 Å². The molecule has 0 atom stereocenters. The van der Waals surface area contributed by atoms with E-state index >= 15 is 0 Å². The molecule has 0 aliphatic heterocycles. The van der Waals surface area contributed by atoms with Crippen LogP contribution in [0.25, 0.3) is 16.6 Å². The van der Waals surface area contributed by atoms with Gasteiger partial charge in [-0.2, -0.15) is 0 Å². The summed E-state index contributed by atoms with van der Waals surface area (Å²) >= 11 is 0. The van der Waals surface area contributed by atoms with E-state index in [1.807, 2.05) is 53.8 Å². The van der Waals surface area contributed by atoms with Crippen molar-refractivity contribution in [2.75, 3.05) is 5.32 Å². The predicted octanol–water partition coefficient (Wildman–Crippen LogP) is 3.53. The van der Waals surface area contributed by atoms with E-state index in [0.717, 1.165) is 28.1 Å². The number of benzene rings is 2. The Morgan fingerprint density at radius 2 is 1.92 bits per heavy atom. The van der Waals surface area contributed by atoms with Crippen LogP contribution in [0.3, 0.4) is 0 Å². The Kier molecular flexibility index (Phi) is 3.23. The number of fused-ring (bicyclic) bond motifs is 3. The van der Waals surface area contributed by atoms with Gasteiger partial charge in [0.1, 0.15) is 5.82 Å². The highest BCUT2D eigenvalue weighted by molar-refractivity contribution is 5.95. The SMILES string of the molecule is CC(=O)c1cccc(Nc2nc3ccccc3c3nnc(C)n23)c1. The highest BCUT2D eigenvalue weighted by Gasteiger charge is 2.13. The quantitative estimate of drug-likeness (QED) is 0.585. The Bertz CT molecular complexity index is 1080. The van der Waals surface area contributed by atoms with Crippen LogP contribution >= 0.6 is 0 Å². The number of carbonyl (C=O) groups is 1. The molecule has 2 heterocycles. The fourth-order valence-electron chi connectivity index (χ4n) is 2.74. The maximum absolute atomic E-state index is 11.6. The fourth-order valence-corrected chi connectivity index (χ4v) is 2.74. The molecule has 0 bridgehead atoms. The number of para-hydroxylation sites is 1. The highest BCUT2D eigenvalue weighted by Crippen LogP contribution is 2.24. The zero-order valence-corrected chi connectivity index (χ0v) is 13.3. The molecule has 2 aromatic carbocycles. The number of Topliss-reactive ketones (excluding diaryl/α,β-unsaturated/α-hetero) is 1. The molecule has 0 saturated heterocycles. The Morgan fingerprint density at radius 3 is 2.75 bits per heavy atom. The minimum Gasteiger partial charge on any atom is -0.325 e. The largest absolute Gasteiger partial charge is 0.325 e. The summed E-state index contributed by atoms with van der Waals surface area (Å²) in [6.45, 7) is 3.43. The Balaban J connectivity index is 1.90. The maximum Gasteiger partial charge on any atom is 0.215 e. The average molecular weight is 317 g/mol. The zero-order valence-electron chi connectivity index (χ0n) is 13.3. The second kappa shape index (κ2) is 5.42. The second-order valence-electron chi connectivity index (χ2n) is 5.62. The van der Waals surface area contributed by atoms with Gasteiger partial charge in [-0.1, -0.05) is 24.3 Å². The normalized spacial score (nSPS) is 11.1. The van der Waals surface area contributed by atoms with Crippen LogP contribution in [0.5, 0.6) is 0 Å². The van der Waals surface area contributed by atoms with Gasteiger partial charge in [-0.15, -0.1) is 10.2 Å². The lowest BCUT2D eigenvalue weighted by Crippen LogP contribution is -2.04. The highest BCUT2D eigenvalue weighted by atomic mass is 16.1. The molecule has 4 rings (SSSR count). The van der Waals surface area contributed by atoms with Crippen molar-refractivity contribution in [1.82, 2.24) is 19.6 Å². The fraction of sp³-hybridized carbons (Fsp3) is 0.111. The molecule has 1 N–H and O–H groups in total. The zero-order chi connectivity index (χ0) is 16.7. The summed E-state index contributed by atoms with van der Waals surface area (Å²) < 4.78 is 1.88. The van der Waals surface area contributed by atoms with E-state index < -0.39 is 0 Å². The summed E-state index contributed by atoms with van der Waals surface area (Å²) in [6, 6.07) is 15.2. The van der Waals surface area contributed by atoms with E-state index in [-0.39, 0.29) is 5.78 Å². The molecule has 0 amide bonds. The number of hydrogen-bond acceptors (Lipinski definition) is 5. The van der Waals surface area contributed by atoms with E-state index in [0.29, 0.717) is 11.5 Å². The van der Waals surface area contributed by atoms with Crippen molar-refractivity contribution in [3.63, 3.8) is 0 Å². The minimum atomic E-state index is 0.0238. The van der Waals surface area contributed by atoms with Crippen molar-refractivity contribution < 1.29 is 4.79 Å². The predicted molar refractivity (Wildman–Crippen MR) is 92.8 cm³/mol. The average Bonchev–Trinajstić information content (AvgIpc) is 2.98. The Hall–Kier alpha value is -3.28. The third-order valence-corrected chi connectivity index (χ3v) is 3.93. The van der Waals surface area contributed by atoms with E-state index in [4.69, 9.17) is 4.98 Å². The number of ketones is 1. The smallest absolute Gasteiger partial charge is 0.215 e. The minimum absolute atomic E-state index is 0.0238. The van der Waals surface area contributed by atoms with Gasteiger partial charge in [-0.25, -0.2) is 9.38 Å². The van der Waals surface area contributed by atoms with Crippen LogP contribution in [0.1, 0.15) is 23.1 Å². The van der Waals surface area contributed by atoms with Gasteiger partial charge in [-0.3, -0.25) is 4.79 Å². The first-order valence-corrected chi connectivity index (χ1v) is 7.62. The summed E-state index contributed by atoms with van der Waals surface area (Å²) in [6.07, 6.45) is 0. The molecule has 6 nitrogen and oxygen atoms in total. The number of anilines is 2. The summed E-state index contributed by atoms with van der Waals surface area (Å²) in [7, 11) is 0. The van der Waals surface area contributed by atoms with Crippen molar-refractivity contribution in [2.45, 2.75) is 13.8 Å². The number of aromatic nitrogens is 4. The van der Waals surface area contributed by atoms with E-state index in [1.165, 1.54) is 0 Å². The second-order valence-corrected chi connectivity index (χ2v) is 5.62. The van der Waals surface area contributed by atoms with Gasteiger partial charge in [0, 0.05) is 16.6 Å². The number of hydrogen-bond donors (Lipinski definition) is 1. The number of rotatable bonds is 3. The van der Waals surface area contributed by atoms with Gasteiger partial charge in [-0.05, 0) is 38.1 Å². The third kappa shape index (κ3) is 2.28. The van der Waals surface area contributed by atoms with Crippen molar-refractivity contribution in [1.29, 1.82) is 0 Å². The topological polar surface area (TPSA) is 72.2 Å². The van der Waals surface area contributed by atoms with Crippen LogP contribution in [0, 0.1) is 6.92 Å². The van der Waals surface area contributed by atoms with Gasteiger partial charge >= 0.3 is 0 Å². The van der Waals surface area contributed by atoms with E-state index in [2.05, 4.69) is 15.5 Å². The third-order valence-electron chi connectivity index (χ3n) is 3.93. The molecule has 0 fully saturated rings. The molecule has 0 radical (unpaired) electrons. The lowest BCUT2D eigenvalue weighted by Gasteiger charge is -2.11. The van der Waals surface area contributed by atoms with Crippen LogP contribution in [0.15, 0.2) is 48.5 Å². The van der Waals surface area contributed by atoms with Gasteiger partial charge < -0.3 is 5.32 Å². The van der Waals surface area contributed by atoms with Gasteiger partial charge in [0.05, 0.1) is 5.52 Å². The Morgan fingerprint density at radius 1 is 1.08 bits per heavy atom. The summed E-state index contributed by atoms with van der Waals surface area (Å²) in [5.41, 5.74) is 3.03. The molecular weight excluding hydrogens is 302 g/mol. The van der Waals surface area contributed by atoms with Gasteiger partial charge in [0.2, 0.25) is 5.95 Å². The molecule has 6 heteroatoms. The lowest BCUT2D eigenvalue weighted by atomic mass is 10.1. The van der Waals surface area contributed by atoms with Crippen molar-refractivity contribution in [2.24, 2.45) is 0 Å². The maximum atomic E-state index is 11.6. The lowest BCUT2D eigenvalue weighted by molar-refractivity contribution is 0.101. The summed E-state index contributed by atoms with van der Waals surface area (Å²) in [4.78, 5) is 16.3. The molecule has 4 aromatic rings. The van der Waals surface area contributed by atoms with E-state index in [1.54, 1.807) is 13.0 Å². The molecule has 0 unspecified atom stereocenters. The molecular formula is C18H15N5O. The molecule has 2 aromatic heterocycles. The molecule has 0 aliphatic rings. The van der Waals surface area contributed by atoms with Gasteiger partial charge in [0.25, 0.3) is 0 Å². The first-order valence-electron chi connectivity index (χ1n) is 7.62. The van der Waals surface area contributed by atoms with Crippen LogP contribution in [-0.4, -0.2) is 25.4 Å². The number of nitrogens with one attached hydrogen (secondary N) is 1. The molecule has 0 saturated carbocycles. The first-order chi connectivity index (χ1) is 11.6. The van der Waals surface area contributed by atoms with Crippen LogP contribution in [-0.2, 0) is 0 Å². The number of aryl methyl sites for hydroxylation is 1. The summed E-state index contributed by atoms with van der Waals surface area (Å²) in [5, 5.41) is 12.7.